The molecule has 1 saturated carbocycles. The molecule has 0 bridgehead atoms. The van der Waals surface area contributed by atoms with Crippen molar-refractivity contribution in [1.82, 2.24) is 15.0 Å². The number of carbonyl (C=O) groups is 1. The van der Waals surface area contributed by atoms with Crippen LogP contribution in [0.25, 0.3) is 0 Å². The SMILES string of the molecule is O=C(O)c1cn(CC2CCCCC2)nn1. The van der Waals surface area contributed by atoms with Gasteiger partial charge in [0.2, 0.25) is 0 Å². The van der Waals surface area contributed by atoms with Gasteiger partial charge in [-0.25, -0.2) is 4.79 Å². The summed E-state index contributed by atoms with van der Waals surface area (Å²) in [5, 5.41) is 16.1. The van der Waals surface area contributed by atoms with E-state index in [-0.39, 0.29) is 5.69 Å². The van der Waals surface area contributed by atoms with Gasteiger partial charge in [-0.1, -0.05) is 24.5 Å². The summed E-state index contributed by atoms with van der Waals surface area (Å²) in [4.78, 5) is 10.6. The predicted molar refractivity (Wildman–Crippen MR) is 53.6 cm³/mol. The van der Waals surface area contributed by atoms with Crippen molar-refractivity contribution in [2.24, 2.45) is 5.92 Å². The summed E-state index contributed by atoms with van der Waals surface area (Å²) in [6.45, 7) is 0.806. The molecule has 82 valence electrons. The zero-order chi connectivity index (χ0) is 10.7. The quantitative estimate of drug-likeness (QED) is 0.820. The van der Waals surface area contributed by atoms with Crippen molar-refractivity contribution in [2.75, 3.05) is 0 Å². The monoisotopic (exact) mass is 209 g/mol. The molecule has 1 N–H and O–H groups in total. The van der Waals surface area contributed by atoms with Crippen LogP contribution in [0.2, 0.25) is 0 Å². The van der Waals surface area contributed by atoms with Crippen LogP contribution in [0.1, 0.15) is 42.6 Å². The maximum Gasteiger partial charge on any atom is 0.358 e. The molecule has 0 unspecified atom stereocenters. The van der Waals surface area contributed by atoms with Gasteiger partial charge in [-0.05, 0) is 18.8 Å². The molecular weight excluding hydrogens is 194 g/mol. The minimum Gasteiger partial charge on any atom is -0.476 e. The largest absolute Gasteiger partial charge is 0.476 e. The number of hydrogen-bond donors (Lipinski definition) is 1. The Morgan fingerprint density at radius 2 is 2.20 bits per heavy atom. The lowest BCUT2D eigenvalue weighted by Crippen LogP contribution is -2.14. The van der Waals surface area contributed by atoms with Gasteiger partial charge in [-0.3, -0.25) is 4.68 Å². The molecular formula is C10H15N3O2. The second-order valence-electron chi connectivity index (χ2n) is 4.14. The van der Waals surface area contributed by atoms with Crippen LogP contribution in [0.15, 0.2) is 6.20 Å². The number of rotatable bonds is 3. The van der Waals surface area contributed by atoms with Crippen LogP contribution in [-0.4, -0.2) is 26.1 Å². The second kappa shape index (κ2) is 4.42. The first-order chi connectivity index (χ1) is 7.25. The first-order valence-electron chi connectivity index (χ1n) is 5.39. The Balaban J connectivity index is 1.94. The molecule has 1 aliphatic rings. The van der Waals surface area contributed by atoms with Gasteiger partial charge in [-0.15, -0.1) is 5.10 Å². The van der Waals surface area contributed by atoms with Crippen molar-refractivity contribution in [1.29, 1.82) is 0 Å². The molecule has 5 heteroatoms. The number of hydrogen-bond acceptors (Lipinski definition) is 3. The summed E-state index contributed by atoms with van der Waals surface area (Å²) < 4.78 is 1.65. The highest BCUT2D eigenvalue weighted by molar-refractivity contribution is 5.84. The Bertz CT molecular complexity index is 342. The second-order valence-corrected chi connectivity index (χ2v) is 4.14. The lowest BCUT2D eigenvalue weighted by Gasteiger charge is -2.20. The normalized spacial score (nSPS) is 17.9. The first-order valence-corrected chi connectivity index (χ1v) is 5.39. The summed E-state index contributed by atoms with van der Waals surface area (Å²) in [7, 11) is 0. The van der Waals surface area contributed by atoms with Crippen molar-refractivity contribution in [2.45, 2.75) is 38.6 Å². The van der Waals surface area contributed by atoms with Crippen molar-refractivity contribution >= 4 is 5.97 Å². The van der Waals surface area contributed by atoms with E-state index >= 15 is 0 Å². The van der Waals surface area contributed by atoms with Gasteiger partial charge in [0.05, 0.1) is 6.20 Å². The molecule has 0 amide bonds. The molecule has 2 rings (SSSR count). The van der Waals surface area contributed by atoms with E-state index in [1.165, 1.54) is 38.3 Å². The molecule has 0 atom stereocenters. The van der Waals surface area contributed by atoms with Crippen LogP contribution in [-0.2, 0) is 6.54 Å². The Morgan fingerprint density at radius 3 is 2.80 bits per heavy atom. The molecule has 0 saturated heterocycles. The number of carboxylic acid groups (broad SMARTS) is 1. The van der Waals surface area contributed by atoms with E-state index in [9.17, 15) is 4.79 Å². The summed E-state index contributed by atoms with van der Waals surface area (Å²) in [5.74, 6) is -0.369. The van der Waals surface area contributed by atoms with Crippen molar-refractivity contribution in [3.63, 3.8) is 0 Å². The van der Waals surface area contributed by atoms with Gasteiger partial charge in [0.1, 0.15) is 0 Å². The molecule has 0 aromatic carbocycles. The zero-order valence-corrected chi connectivity index (χ0v) is 8.59. The molecule has 0 spiro atoms. The molecule has 15 heavy (non-hydrogen) atoms. The van der Waals surface area contributed by atoms with Crippen LogP contribution in [0.3, 0.4) is 0 Å². The van der Waals surface area contributed by atoms with E-state index in [0.717, 1.165) is 6.54 Å². The van der Waals surface area contributed by atoms with Gasteiger partial charge in [-0.2, -0.15) is 0 Å². The molecule has 0 aliphatic heterocycles. The minimum absolute atomic E-state index is 0.0332. The molecule has 1 aromatic heterocycles. The molecule has 5 nitrogen and oxygen atoms in total. The number of carboxylic acids is 1. The first kappa shape index (κ1) is 10.1. The summed E-state index contributed by atoms with van der Waals surface area (Å²) in [6, 6.07) is 0. The van der Waals surface area contributed by atoms with Crippen LogP contribution < -0.4 is 0 Å². The van der Waals surface area contributed by atoms with Crippen LogP contribution in [0.5, 0.6) is 0 Å². The molecule has 1 heterocycles. The summed E-state index contributed by atoms with van der Waals surface area (Å²) >= 11 is 0. The fourth-order valence-corrected chi connectivity index (χ4v) is 2.12. The van der Waals surface area contributed by atoms with Gasteiger partial charge < -0.3 is 5.11 Å². The van der Waals surface area contributed by atoms with E-state index in [2.05, 4.69) is 10.3 Å². The summed E-state index contributed by atoms with van der Waals surface area (Å²) in [6.07, 6.45) is 7.85. The van der Waals surface area contributed by atoms with Gasteiger partial charge >= 0.3 is 5.97 Å². The van der Waals surface area contributed by atoms with E-state index in [4.69, 9.17) is 5.11 Å². The maximum atomic E-state index is 10.6. The minimum atomic E-state index is -1.01. The topological polar surface area (TPSA) is 68.0 Å². The Hall–Kier alpha value is -1.39. The highest BCUT2D eigenvalue weighted by Crippen LogP contribution is 2.24. The molecule has 1 fully saturated rings. The Labute approximate surface area is 88.1 Å². The molecule has 1 aromatic rings. The average molecular weight is 209 g/mol. The van der Waals surface area contributed by atoms with Crippen molar-refractivity contribution in [3.8, 4) is 0 Å². The average Bonchev–Trinajstić information content (AvgIpc) is 2.68. The fraction of sp³-hybridized carbons (Fsp3) is 0.700. The zero-order valence-electron chi connectivity index (χ0n) is 8.59. The fourth-order valence-electron chi connectivity index (χ4n) is 2.12. The predicted octanol–water partition coefficient (Wildman–Crippen LogP) is 1.56. The van der Waals surface area contributed by atoms with Gasteiger partial charge in [0, 0.05) is 6.54 Å². The third-order valence-electron chi connectivity index (χ3n) is 2.93. The lowest BCUT2D eigenvalue weighted by atomic mass is 9.89. The Kier molecular flexibility index (Phi) is 2.99. The lowest BCUT2D eigenvalue weighted by molar-refractivity contribution is 0.0690. The van der Waals surface area contributed by atoms with Crippen LogP contribution in [0.4, 0.5) is 0 Å². The van der Waals surface area contributed by atoms with Crippen molar-refractivity contribution in [3.05, 3.63) is 11.9 Å². The van der Waals surface area contributed by atoms with Crippen LogP contribution >= 0.6 is 0 Å². The highest BCUT2D eigenvalue weighted by atomic mass is 16.4. The number of aromatic nitrogens is 3. The maximum absolute atomic E-state index is 10.6. The van der Waals surface area contributed by atoms with E-state index in [1.807, 2.05) is 0 Å². The highest BCUT2D eigenvalue weighted by Gasteiger charge is 2.15. The smallest absolute Gasteiger partial charge is 0.358 e. The van der Waals surface area contributed by atoms with Gasteiger partial charge in [0.25, 0.3) is 0 Å². The third kappa shape index (κ3) is 2.55. The molecule has 1 aliphatic carbocycles. The molecule has 0 radical (unpaired) electrons. The number of aromatic carboxylic acids is 1. The van der Waals surface area contributed by atoms with E-state index in [1.54, 1.807) is 4.68 Å². The van der Waals surface area contributed by atoms with Crippen molar-refractivity contribution < 1.29 is 9.90 Å². The third-order valence-corrected chi connectivity index (χ3v) is 2.93. The van der Waals surface area contributed by atoms with Gasteiger partial charge in [0.15, 0.2) is 5.69 Å². The standard InChI is InChI=1S/C10H15N3O2/c14-10(15)9-7-13(12-11-9)6-8-4-2-1-3-5-8/h7-8H,1-6H2,(H,14,15). The van der Waals surface area contributed by atoms with Crippen LogP contribution in [0, 0.1) is 5.92 Å². The number of nitrogens with zero attached hydrogens (tertiary/aromatic N) is 3. The summed E-state index contributed by atoms with van der Waals surface area (Å²) in [5.41, 5.74) is 0.0332. The van der Waals surface area contributed by atoms with E-state index < -0.39 is 5.97 Å². The van der Waals surface area contributed by atoms with E-state index in [0.29, 0.717) is 5.92 Å². The Morgan fingerprint density at radius 1 is 1.47 bits per heavy atom.